The molecule has 100 valence electrons. The van der Waals surface area contributed by atoms with E-state index in [2.05, 4.69) is 33.0 Å². The highest BCUT2D eigenvalue weighted by Gasteiger charge is 2.22. The maximum absolute atomic E-state index is 4.36. The molecule has 2 unspecified atom stereocenters. The van der Waals surface area contributed by atoms with Gasteiger partial charge in [-0.3, -0.25) is 0 Å². The van der Waals surface area contributed by atoms with E-state index in [1.807, 2.05) is 6.33 Å². The fourth-order valence-electron chi connectivity index (χ4n) is 3.41. The fraction of sp³-hybridized carbons (Fsp3) is 0.786. The number of nitrogens with one attached hydrogen (secondary N) is 1. The number of hydrogen-bond donors (Lipinski definition) is 1. The van der Waals surface area contributed by atoms with Gasteiger partial charge in [0, 0.05) is 25.3 Å². The van der Waals surface area contributed by atoms with Gasteiger partial charge >= 0.3 is 0 Å². The summed E-state index contributed by atoms with van der Waals surface area (Å²) in [5.41, 5.74) is 1.39. The first-order chi connectivity index (χ1) is 8.83. The first-order valence-electron chi connectivity index (χ1n) is 7.25. The Labute approximate surface area is 109 Å². The van der Waals surface area contributed by atoms with Crippen LogP contribution in [0, 0.1) is 5.92 Å². The van der Waals surface area contributed by atoms with Crippen molar-refractivity contribution in [2.45, 2.75) is 38.3 Å². The van der Waals surface area contributed by atoms with E-state index in [0.29, 0.717) is 6.04 Å². The van der Waals surface area contributed by atoms with Crippen molar-refractivity contribution in [2.75, 3.05) is 26.7 Å². The predicted molar refractivity (Wildman–Crippen MR) is 72.4 cm³/mol. The second-order valence-corrected chi connectivity index (χ2v) is 5.89. The van der Waals surface area contributed by atoms with Gasteiger partial charge in [0.15, 0.2) is 0 Å². The molecular weight excluding hydrogens is 224 g/mol. The average molecular weight is 248 g/mol. The van der Waals surface area contributed by atoms with Crippen molar-refractivity contribution in [1.29, 1.82) is 0 Å². The number of piperidine rings is 1. The summed E-state index contributed by atoms with van der Waals surface area (Å²) in [7, 11) is 2.24. The van der Waals surface area contributed by atoms with Gasteiger partial charge in [0.25, 0.3) is 0 Å². The van der Waals surface area contributed by atoms with Crippen molar-refractivity contribution in [3.63, 3.8) is 0 Å². The fourth-order valence-corrected chi connectivity index (χ4v) is 3.41. The summed E-state index contributed by atoms with van der Waals surface area (Å²) in [4.78, 5) is 6.82. The molecule has 2 aliphatic heterocycles. The van der Waals surface area contributed by atoms with Gasteiger partial charge in [0.05, 0.1) is 12.0 Å². The molecule has 3 heterocycles. The lowest BCUT2D eigenvalue weighted by Gasteiger charge is -2.30. The molecule has 0 bridgehead atoms. The van der Waals surface area contributed by atoms with Crippen molar-refractivity contribution in [2.24, 2.45) is 5.92 Å². The Hall–Kier alpha value is -0.870. The van der Waals surface area contributed by atoms with Crippen LogP contribution in [0.3, 0.4) is 0 Å². The van der Waals surface area contributed by atoms with Gasteiger partial charge < -0.3 is 14.8 Å². The molecule has 4 heteroatoms. The molecule has 0 aliphatic carbocycles. The quantitative estimate of drug-likeness (QED) is 0.883. The molecule has 2 fully saturated rings. The third-order valence-electron chi connectivity index (χ3n) is 4.34. The van der Waals surface area contributed by atoms with Gasteiger partial charge in [-0.15, -0.1) is 0 Å². The Morgan fingerprint density at radius 3 is 3.11 bits per heavy atom. The smallest absolute Gasteiger partial charge is 0.0948 e. The molecule has 0 saturated carbocycles. The monoisotopic (exact) mass is 248 g/mol. The molecule has 0 amide bonds. The molecule has 0 spiro atoms. The van der Waals surface area contributed by atoms with Crippen LogP contribution in [0.2, 0.25) is 0 Å². The largest absolute Gasteiger partial charge is 0.333 e. The molecule has 0 aromatic carbocycles. The number of likely N-dealkylation sites (tertiary alicyclic amines) is 1. The summed E-state index contributed by atoms with van der Waals surface area (Å²) < 4.78 is 2.38. The van der Waals surface area contributed by atoms with E-state index >= 15 is 0 Å². The Morgan fingerprint density at radius 1 is 1.39 bits per heavy atom. The Morgan fingerprint density at radius 2 is 2.33 bits per heavy atom. The minimum atomic E-state index is 0.536. The van der Waals surface area contributed by atoms with Crippen LogP contribution in [0.15, 0.2) is 12.5 Å². The van der Waals surface area contributed by atoms with Gasteiger partial charge in [0.2, 0.25) is 0 Å². The summed E-state index contributed by atoms with van der Waals surface area (Å²) in [6, 6.07) is 0.536. The Balaban J connectivity index is 1.66. The van der Waals surface area contributed by atoms with E-state index < -0.39 is 0 Å². The molecule has 4 nitrogen and oxygen atoms in total. The SMILES string of the molecule is CN1CCCC(Cn2cncc2C2CCCN2)C1. The maximum Gasteiger partial charge on any atom is 0.0948 e. The number of nitrogens with zero attached hydrogens (tertiary/aromatic N) is 3. The molecule has 1 aromatic heterocycles. The molecule has 1 aromatic rings. The van der Waals surface area contributed by atoms with Crippen LogP contribution in [0.1, 0.15) is 37.4 Å². The van der Waals surface area contributed by atoms with Crippen molar-refractivity contribution in [1.82, 2.24) is 19.8 Å². The summed E-state index contributed by atoms with van der Waals surface area (Å²) in [5, 5.41) is 3.57. The van der Waals surface area contributed by atoms with Crippen molar-refractivity contribution < 1.29 is 0 Å². The lowest BCUT2D eigenvalue weighted by Crippen LogP contribution is -2.34. The highest BCUT2D eigenvalue weighted by Crippen LogP contribution is 2.24. The molecule has 2 saturated heterocycles. The molecule has 0 radical (unpaired) electrons. The molecule has 2 aliphatic rings. The van der Waals surface area contributed by atoms with E-state index in [-0.39, 0.29) is 0 Å². The van der Waals surface area contributed by atoms with E-state index in [4.69, 9.17) is 0 Å². The molecule has 2 atom stereocenters. The first-order valence-corrected chi connectivity index (χ1v) is 7.25. The average Bonchev–Trinajstić information content (AvgIpc) is 2.98. The number of hydrogen-bond acceptors (Lipinski definition) is 3. The standard InChI is InChI=1S/C14H24N4/c1-17-7-3-4-12(9-17)10-18-11-15-8-14(18)13-5-2-6-16-13/h8,11-13,16H,2-7,9-10H2,1H3. The highest BCUT2D eigenvalue weighted by atomic mass is 15.1. The lowest BCUT2D eigenvalue weighted by molar-refractivity contribution is 0.193. The van der Waals surface area contributed by atoms with Crippen molar-refractivity contribution in [3.8, 4) is 0 Å². The van der Waals surface area contributed by atoms with Crippen molar-refractivity contribution in [3.05, 3.63) is 18.2 Å². The molecule has 3 rings (SSSR count). The topological polar surface area (TPSA) is 33.1 Å². The van der Waals surface area contributed by atoms with Crippen LogP contribution >= 0.6 is 0 Å². The summed E-state index contributed by atoms with van der Waals surface area (Å²) in [6.07, 6.45) is 9.32. The van der Waals surface area contributed by atoms with Crippen LogP contribution in [-0.2, 0) is 6.54 Å². The van der Waals surface area contributed by atoms with Crippen LogP contribution in [-0.4, -0.2) is 41.1 Å². The third-order valence-corrected chi connectivity index (χ3v) is 4.34. The summed E-state index contributed by atoms with van der Waals surface area (Å²) in [6.45, 7) is 4.78. The van der Waals surface area contributed by atoms with E-state index in [1.54, 1.807) is 0 Å². The Kier molecular flexibility index (Phi) is 3.66. The summed E-state index contributed by atoms with van der Waals surface area (Å²) >= 11 is 0. The third kappa shape index (κ3) is 2.59. The second kappa shape index (κ2) is 5.41. The summed E-state index contributed by atoms with van der Waals surface area (Å²) in [5.74, 6) is 0.790. The number of rotatable bonds is 3. The highest BCUT2D eigenvalue weighted by molar-refractivity contribution is 5.07. The molecular formula is C14H24N4. The Bertz CT molecular complexity index is 381. The molecule has 1 N–H and O–H groups in total. The first kappa shape index (κ1) is 12.2. The van der Waals surface area contributed by atoms with Gasteiger partial charge in [0.1, 0.15) is 0 Å². The minimum absolute atomic E-state index is 0.536. The van der Waals surface area contributed by atoms with E-state index in [0.717, 1.165) is 19.0 Å². The zero-order valence-corrected chi connectivity index (χ0v) is 11.3. The van der Waals surface area contributed by atoms with Gasteiger partial charge in [-0.25, -0.2) is 4.98 Å². The van der Waals surface area contributed by atoms with E-state index in [9.17, 15) is 0 Å². The molecule has 18 heavy (non-hydrogen) atoms. The zero-order valence-electron chi connectivity index (χ0n) is 11.3. The predicted octanol–water partition coefficient (Wildman–Crippen LogP) is 1.65. The van der Waals surface area contributed by atoms with E-state index in [1.165, 1.54) is 44.5 Å². The van der Waals surface area contributed by atoms with Gasteiger partial charge in [-0.1, -0.05) is 0 Å². The number of aromatic nitrogens is 2. The number of imidazole rings is 1. The lowest BCUT2D eigenvalue weighted by atomic mass is 9.98. The van der Waals surface area contributed by atoms with Gasteiger partial charge in [-0.05, 0) is 51.7 Å². The minimum Gasteiger partial charge on any atom is -0.333 e. The normalized spacial score (nSPS) is 29.8. The van der Waals surface area contributed by atoms with Gasteiger partial charge in [-0.2, -0.15) is 0 Å². The van der Waals surface area contributed by atoms with Crippen LogP contribution in [0.5, 0.6) is 0 Å². The van der Waals surface area contributed by atoms with Crippen LogP contribution in [0.4, 0.5) is 0 Å². The second-order valence-electron chi connectivity index (χ2n) is 5.89. The van der Waals surface area contributed by atoms with Crippen LogP contribution in [0.25, 0.3) is 0 Å². The zero-order chi connectivity index (χ0) is 12.4. The van der Waals surface area contributed by atoms with Crippen LogP contribution < -0.4 is 5.32 Å². The van der Waals surface area contributed by atoms with Crippen molar-refractivity contribution >= 4 is 0 Å². The maximum atomic E-state index is 4.36.